The zero-order valence-corrected chi connectivity index (χ0v) is 14.1. The Hall–Kier alpha value is -3.10. The number of amides is 3. The molecule has 0 aliphatic carbocycles. The monoisotopic (exact) mass is 363 g/mol. The summed E-state index contributed by atoms with van der Waals surface area (Å²) in [7, 11) is 0. The number of carbonyl (C=O) groups excluding carboxylic acids is 2. The zero-order chi connectivity index (χ0) is 19.1. The minimum absolute atomic E-state index is 0.237. The smallest absolute Gasteiger partial charge is 0.339 e. The average molecular weight is 363 g/mol. The van der Waals surface area contributed by atoms with E-state index in [2.05, 4.69) is 5.43 Å². The number of likely N-dealkylation sites (tertiary alicyclic amines) is 1. The summed E-state index contributed by atoms with van der Waals surface area (Å²) in [6.07, 6.45) is 1.27. The number of nitrogens with zero attached hydrogens (tertiary/aromatic N) is 2. The van der Waals surface area contributed by atoms with Gasteiger partial charge in [-0.1, -0.05) is 18.2 Å². The number of piperidine rings is 1. The molecule has 0 saturated carbocycles. The predicted octanol–water partition coefficient (Wildman–Crippen LogP) is 1.17. The van der Waals surface area contributed by atoms with Crippen LogP contribution in [0.25, 0.3) is 0 Å². The molecule has 0 radical (unpaired) electrons. The highest BCUT2D eigenvalue weighted by Gasteiger charge is 2.35. The molecule has 1 saturated heterocycles. The second kappa shape index (κ2) is 8.84. The third kappa shape index (κ3) is 4.95. The Labute approximate surface area is 150 Å². The van der Waals surface area contributed by atoms with Crippen molar-refractivity contribution in [2.45, 2.75) is 31.7 Å². The van der Waals surface area contributed by atoms with Crippen molar-refractivity contribution >= 4 is 23.9 Å². The van der Waals surface area contributed by atoms with Crippen molar-refractivity contribution in [3.63, 3.8) is 0 Å². The summed E-state index contributed by atoms with van der Waals surface area (Å²) in [5.41, 5.74) is 2.69. The van der Waals surface area contributed by atoms with Crippen molar-refractivity contribution in [2.24, 2.45) is 0 Å². The summed E-state index contributed by atoms with van der Waals surface area (Å²) in [5.74, 6) is -2.83. The SMILES string of the molecule is O=C(O)CCN(NC(=O)c1ccccc1)C(=O)N1CCCCC1C(=O)O. The Morgan fingerprint density at radius 1 is 1.12 bits per heavy atom. The van der Waals surface area contributed by atoms with Crippen molar-refractivity contribution in [2.75, 3.05) is 13.1 Å². The van der Waals surface area contributed by atoms with Gasteiger partial charge in [-0.05, 0) is 31.4 Å². The highest BCUT2D eigenvalue weighted by Crippen LogP contribution is 2.19. The predicted molar refractivity (Wildman–Crippen MR) is 90.2 cm³/mol. The Morgan fingerprint density at radius 3 is 2.42 bits per heavy atom. The average Bonchev–Trinajstić information content (AvgIpc) is 2.64. The van der Waals surface area contributed by atoms with Gasteiger partial charge in [0.1, 0.15) is 6.04 Å². The van der Waals surface area contributed by atoms with Gasteiger partial charge in [0.05, 0.1) is 13.0 Å². The van der Waals surface area contributed by atoms with E-state index in [1.807, 2.05) is 0 Å². The Morgan fingerprint density at radius 2 is 1.81 bits per heavy atom. The number of carboxylic acid groups (broad SMARTS) is 2. The first-order valence-electron chi connectivity index (χ1n) is 8.29. The zero-order valence-electron chi connectivity index (χ0n) is 14.1. The molecule has 1 aromatic carbocycles. The third-order valence-electron chi connectivity index (χ3n) is 4.09. The van der Waals surface area contributed by atoms with Gasteiger partial charge >= 0.3 is 18.0 Å². The number of hydrogen-bond acceptors (Lipinski definition) is 4. The highest BCUT2D eigenvalue weighted by molar-refractivity contribution is 5.95. The van der Waals surface area contributed by atoms with Crippen LogP contribution < -0.4 is 5.43 Å². The largest absolute Gasteiger partial charge is 0.481 e. The standard InChI is InChI=1S/C17H21N3O6/c21-14(22)9-11-20(18-15(23)12-6-2-1-3-7-12)17(26)19-10-5-4-8-13(19)16(24)25/h1-3,6-7,13H,4-5,8-11H2,(H,18,23)(H,21,22)(H,24,25). The van der Waals surface area contributed by atoms with E-state index >= 15 is 0 Å². The number of hydrazine groups is 1. The van der Waals surface area contributed by atoms with Crippen LogP contribution in [0.4, 0.5) is 4.79 Å². The van der Waals surface area contributed by atoms with Crippen molar-refractivity contribution in [3.05, 3.63) is 35.9 Å². The van der Waals surface area contributed by atoms with Crippen LogP contribution in [0.3, 0.4) is 0 Å². The van der Waals surface area contributed by atoms with Gasteiger partial charge in [-0.15, -0.1) is 0 Å². The van der Waals surface area contributed by atoms with Gasteiger partial charge in [0.2, 0.25) is 0 Å². The quantitative estimate of drug-likeness (QED) is 0.674. The van der Waals surface area contributed by atoms with Gasteiger partial charge < -0.3 is 15.1 Å². The van der Waals surface area contributed by atoms with Crippen molar-refractivity contribution < 1.29 is 29.4 Å². The number of carboxylic acids is 2. The Balaban J connectivity index is 2.16. The van der Waals surface area contributed by atoms with Gasteiger partial charge in [0.15, 0.2) is 0 Å². The maximum Gasteiger partial charge on any atom is 0.339 e. The van der Waals surface area contributed by atoms with Crippen molar-refractivity contribution in [1.29, 1.82) is 0 Å². The number of urea groups is 1. The molecule has 1 fully saturated rings. The molecule has 9 heteroatoms. The second-order valence-electron chi connectivity index (χ2n) is 5.93. The van der Waals surface area contributed by atoms with Crippen LogP contribution in [0.1, 0.15) is 36.0 Å². The third-order valence-corrected chi connectivity index (χ3v) is 4.09. The molecular weight excluding hydrogens is 342 g/mol. The van der Waals surface area contributed by atoms with E-state index in [0.29, 0.717) is 24.8 Å². The first-order valence-corrected chi connectivity index (χ1v) is 8.29. The summed E-state index contributed by atoms with van der Waals surface area (Å²) in [5, 5.41) is 19.1. The molecule has 1 aliphatic rings. The normalized spacial score (nSPS) is 16.6. The highest BCUT2D eigenvalue weighted by atomic mass is 16.4. The van der Waals surface area contributed by atoms with E-state index in [9.17, 15) is 24.3 Å². The fourth-order valence-corrected chi connectivity index (χ4v) is 2.76. The second-order valence-corrected chi connectivity index (χ2v) is 5.93. The maximum absolute atomic E-state index is 12.8. The lowest BCUT2D eigenvalue weighted by Crippen LogP contribution is -2.58. The maximum atomic E-state index is 12.8. The number of aliphatic carboxylic acids is 2. The molecule has 0 bridgehead atoms. The fraction of sp³-hybridized carbons (Fsp3) is 0.412. The molecule has 1 atom stereocenters. The molecule has 0 spiro atoms. The van der Waals surface area contributed by atoms with Crippen LogP contribution in [-0.2, 0) is 9.59 Å². The molecule has 3 N–H and O–H groups in total. The number of benzene rings is 1. The Bertz CT molecular complexity index is 678. The van der Waals surface area contributed by atoms with E-state index in [1.165, 1.54) is 4.90 Å². The summed E-state index contributed by atoms with van der Waals surface area (Å²) in [6, 6.07) is 6.44. The van der Waals surface area contributed by atoms with Crippen LogP contribution in [-0.4, -0.2) is 63.1 Å². The van der Waals surface area contributed by atoms with E-state index in [0.717, 1.165) is 5.01 Å². The molecule has 2 rings (SSSR count). The molecule has 9 nitrogen and oxygen atoms in total. The first-order chi connectivity index (χ1) is 12.4. The topological polar surface area (TPSA) is 127 Å². The minimum Gasteiger partial charge on any atom is -0.481 e. The molecule has 0 aromatic heterocycles. The Kier molecular flexibility index (Phi) is 6.54. The molecule has 1 aromatic rings. The van der Waals surface area contributed by atoms with E-state index in [1.54, 1.807) is 30.3 Å². The lowest BCUT2D eigenvalue weighted by Gasteiger charge is -2.36. The summed E-state index contributed by atoms with van der Waals surface area (Å²) in [6.45, 7) is -0.0316. The molecular formula is C17H21N3O6. The summed E-state index contributed by atoms with van der Waals surface area (Å²) < 4.78 is 0. The van der Waals surface area contributed by atoms with Gasteiger partial charge in [-0.3, -0.25) is 15.0 Å². The molecule has 1 unspecified atom stereocenters. The van der Waals surface area contributed by atoms with Gasteiger partial charge in [0, 0.05) is 12.1 Å². The van der Waals surface area contributed by atoms with Gasteiger partial charge in [0.25, 0.3) is 5.91 Å². The van der Waals surface area contributed by atoms with Crippen LogP contribution in [0, 0.1) is 0 Å². The molecule has 26 heavy (non-hydrogen) atoms. The molecule has 1 aliphatic heterocycles. The lowest BCUT2D eigenvalue weighted by atomic mass is 10.0. The van der Waals surface area contributed by atoms with E-state index in [4.69, 9.17) is 5.11 Å². The van der Waals surface area contributed by atoms with Crippen LogP contribution in [0.5, 0.6) is 0 Å². The summed E-state index contributed by atoms with van der Waals surface area (Å²) in [4.78, 5) is 48.5. The van der Waals surface area contributed by atoms with Crippen molar-refractivity contribution in [3.8, 4) is 0 Å². The van der Waals surface area contributed by atoms with Crippen LogP contribution >= 0.6 is 0 Å². The lowest BCUT2D eigenvalue weighted by molar-refractivity contribution is -0.144. The van der Waals surface area contributed by atoms with Crippen molar-refractivity contribution in [1.82, 2.24) is 15.3 Å². The van der Waals surface area contributed by atoms with Crippen LogP contribution in [0.2, 0.25) is 0 Å². The first kappa shape index (κ1) is 19.2. The molecule has 3 amide bonds. The van der Waals surface area contributed by atoms with Gasteiger partial charge in [-0.2, -0.15) is 0 Å². The number of hydrogen-bond donors (Lipinski definition) is 3. The molecule has 1 heterocycles. The van der Waals surface area contributed by atoms with E-state index < -0.39 is 29.9 Å². The molecule has 140 valence electrons. The fourth-order valence-electron chi connectivity index (χ4n) is 2.76. The number of carbonyl (C=O) groups is 4. The minimum atomic E-state index is -1.13. The summed E-state index contributed by atoms with van der Waals surface area (Å²) >= 11 is 0. The van der Waals surface area contributed by atoms with Crippen LogP contribution in [0.15, 0.2) is 30.3 Å². The van der Waals surface area contributed by atoms with Gasteiger partial charge in [-0.25, -0.2) is 14.6 Å². The number of nitrogens with one attached hydrogen (secondary N) is 1. The number of rotatable bonds is 5. The van der Waals surface area contributed by atoms with E-state index in [-0.39, 0.29) is 19.5 Å².